The number of rotatable bonds is 6. The van der Waals surface area contributed by atoms with Gasteiger partial charge >= 0.3 is 11.9 Å². The van der Waals surface area contributed by atoms with Gasteiger partial charge in [0.05, 0.1) is 11.1 Å². The maximum Gasteiger partial charge on any atom is 0.363 e. The fraction of sp³-hybridized carbons (Fsp3) is 0.227. The van der Waals surface area contributed by atoms with E-state index >= 15 is 0 Å². The second-order valence-corrected chi connectivity index (χ2v) is 7.15. The lowest BCUT2D eigenvalue weighted by Crippen LogP contribution is -2.08. The molecule has 1 aliphatic heterocycles. The predicted molar refractivity (Wildman–Crippen MR) is 113 cm³/mol. The van der Waals surface area contributed by atoms with E-state index in [-0.39, 0.29) is 24.0 Å². The van der Waals surface area contributed by atoms with E-state index in [1.54, 1.807) is 25.1 Å². The lowest BCUT2D eigenvalue weighted by molar-refractivity contribution is -0.134. The van der Waals surface area contributed by atoms with Gasteiger partial charge in [-0.25, -0.2) is 9.79 Å². The molecule has 0 radical (unpaired) electrons. The average Bonchev–Trinajstić information content (AvgIpc) is 3.05. The molecule has 0 aromatic heterocycles. The lowest BCUT2D eigenvalue weighted by atomic mass is 10.1. The number of hydrogen-bond acceptors (Lipinski definition) is 6. The van der Waals surface area contributed by atoms with Gasteiger partial charge in [-0.2, -0.15) is 0 Å². The summed E-state index contributed by atoms with van der Waals surface area (Å²) in [5, 5.41) is 0. The van der Waals surface area contributed by atoms with Gasteiger partial charge in [-0.1, -0.05) is 24.6 Å². The highest BCUT2D eigenvalue weighted by Gasteiger charge is 2.24. The normalized spacial score (nSPS) is 14.6. The number of esters is 2. The van der Waals surface area contributed by atoms with Crippen molar-refractivity contribution in [3.8, 4) is 11.5 Å². The van der Waals surface area contributed by atoms with E-state index in [1.165, 1.54) is 0 Å². The van der Waals surface area contributed by atoms with Crippen molar-refractivity contribution in [3.63, 3.8) is 0 Å². The number of benzene rings is 2. The molecule has 3 rings (SSSR count). The molecule has 0 unspecified atom stereocenters. The Hall–Kier alpha value is -2.93. The summed E-state index contributed by atoms with van der Waals surface area (Å²) in [6, 6.07) is 11.0. The second kappa shape index (κ2) is 9.05. The highest BCUT2D eigenvalue weighted by Crippen LogP contribution is 2.38. The number of aryl methyl sites for hydroxylation is 1. The van der Waals surface area contributed by atoms with E-state index < -0.39 is 5.97 Å². The number of carbonyl (C=O) groups excluding carboxylic acids is 2. The van der Waals surface area contributed by atoms with Crippen molar-refractivity contribution < 1.29 is 23.8 Å². The molecular formula is C22H20BrNO5. The van der Waals surface area contributed by atoms with Crippen LogP contribution in [0.2, 0.25) is 0 Å². The van der Waals surface area contributed by atoms with Crippen LogP contribution in [-0.2, 0) is 14.3 Å². The first-order valence-electron chi connectivity index (χ1n) is 9.17. The molecule has 7 heteroatoms. The quantitative estimate of drug-likeness (QED) is 0.353. The second-order valence-electron chi connectivity index (χ2n) is 6.29. The van der Waals surface area contributed by atoms with Crippen molar-refractivity contribution >= 4 is 39.8 Å². The first-order valence-corrected chi connectivity index (χ1v) is 9.97. The number of hydrogen-bond donors (Lipinski definition) is 0. The Bertz CT molecular complexity index is 1010. The van der Waals surface area contributed by atoms with E-state index in [9.17, 15) is 9.59 Å². The van der Waals surface area contributed by atoms with Gasteiger partial charge < -0.3 is 14.2 Å². The van der Waals surface area contributed by atoms with Crippen LogP contribution in [0.3, 0.4) is 0 Å². The SMILES string of the molecule is CCOc1cc(/C=C2\N=C(c3ccc(C)cc3)OC2=O)cc(Br)c1OC(=O)CC. The average molecular weight is 458 g/mol. The highest BCUT2D eigenvalue weighted by molar-refractivity contribution is 9.10. The Morgan fingerprint density at radius 3 is 2.59 bits per heavy atom. The Morgan fingerprint density at radius 2 is 1.93 bits per heavy atom. The fourth-order valence-electron chi connectivity index (χ4n) is 2.61. The smallest absolute Gasteiger partial charge is 0.363 e. The topological polar surface area (TPSA) is 74.2 Å². The largest absolute Gasteiger partial charge is 0.490 e. The maximum atomic E-state index is 12.3. The summed E-state index contributed by atoms with van der Waals surface area (Å²) in [6.07, 6.45) is 1.84. The number of cyclic esters (lactones) is 1. The van der Waals surface area contributed by atoms with Gasteiger partial charge in [0, 0.05) is 12.0 Å². The van der Waals surface area contributed by atoms with Crippen molar-refractivity contribution in [3.05, 3.63) is 63.3 Å². The predicted octanol–water partition coefficient (Wildman–Crippen LogP) is 4.82. The molecule has 0 atom stereocenters. The maximum absolute atomic E-state index is 12.3. The van der Waals surface area contributed by atoms with Gasteiger partial charge in [0.2, 0.25) is 5.90 Å². The van der Waals surface area contributed by atoms with Crippen LogP contribution in [0.1, 0.15) is 37.0 Å². The molecular weight excluding hydrogens is 438 g/mol. The van der Waals surface area contributed by atoms with Crippen LogP contribution >= 0.6 is 15.9 Å². The first-order chi connectivity index (χ1) is 13.9. The van der Waals surface area contributed by atoms with Crippen molar-refractivity contribution in [2.45, 2.75) is 27.2 Å². The highest BCUT2D eigenvalue weighted by atomic mass is 79.9. The molecule has 0 saturated carbocycles. The van der Waals surface area contributed by atoms with Crippen molar-refractivity contribution in [2.75, 3.05) is 6.61 Å². The molecule has 150 valence electrons. The zero-order valence-corrected chi connectivity index (χ0v) is 17.9. The molecule has 0 spiro atoms. The first kappa shape index (κ1) is 20.8. The number of aliphatic imine (C=N–C) groups is 1. The molecule has 0 N–H and O–H groups in total. The molecule has 0 amide bonds. The summed E-state index contributed by atoms with van der Waals surface area (Å²) in [7, 11) is 0. The molecule has 29 heavy (non-hydrogen) atoms. The fourth-order valence-corrected chi connectivity index (χ4v) is 3.15. The molecule has 6 nitrogen and oxygen atoms in total. The summed E-state index contributed by atoms with van der Waals surface area (Å²) in [4.78, 5) is 28.3. The molecule has 0 bridgehead atoms. The number of nitrogens with zero attached hydrogens (tertiary/aromatic N) is 1. The third-order valence-corrected chi connectivity index (χ3v) is 4.65. The molecule has 1 heterocycles. The van der Waals surface area contributed by atoms with Crippen LogP contribution in [-0.4, -0.2) is 24.4 Å². The summed E-state index contributed by atoms with van der Waals surface area (Å²) >= 11 is 3.41. The van der Waals surface area contributed by atoms with E-state index in [4.69, 9.17) is 14.2 Å². The van der Waals surface area contributed by atoms with Gasteiger partial charge in [0.25, 0.3) is 0 Å². The van der Waals surface area contributed by atoms with Gasteiger partial charge in [-0.15, -0.1) is 0 Å². The van der Waals surface area contributed by atoms with Crippen LogP contribution in [0, 0.1) is 6.92 Å². The molecule has 0 aliphatic carbocycles. The Balaban J connectivity index is 1.95. The Morgan fingerprint density at radius 1 is 1.21 bits per heavy atom. The molecule has 2 aromatic rings. The minimum atomic E-state index is -0.531. The van der Waals surface area contributed by atoms with Gasteiger partial charge in [0.1, 0.15) is 0 Å². The summed E-state index contributed by atoms with van der Waals surface area (Å²) < 4.78 is 16.8. The van der Waals surface area contributed by atoms with Crippen molar-refractivity contribution in [1.82, 2.24) is 0 Å². The minimum Gasteiger partial charge on any atom is -0.490 e. The van der Waals surface area contributed by atoms with Gasteiger partial charge in [0.15, 0.2) is 17.2 Å². The van der Waals surface area contributed by atoms with Crippen LogP contribution in [0.4, 0.5) is 0 Å². The zero-order chi connectivity index (χ0) is 21.0. The van der Waals surface area contributed by atoms with E-state index in [2.05, 4.69) is 20.9 Å². The molecule has 2 aromatic carbocycles. The summed E-state index contributed by atoms with van der Waals surface area (Å²) in [5.41, 5.74) is 2.66. The monoisotopic (exact) mass is 457 g/mol. The third kappa shape index (κ3) is 4.92. The lowest BCUT2D eigenvalue weighted by Gasteiger charge is -2.13. The number of ether oxygens (including phenoxy) is 3. The van der Waals surface area contributed by atoms with Gasteiger partial charge in [-0.05, 0) is 65.7 Å². The summed E-state index contributed by atoms with van der Waals surface area (Å²) in [6.45, 7) is 5.91. The minimum absolute atomic E-state index is 0.174. The third-order valence-electron chi connectivity index (χ3n) is 4.06. The molecule has 0 fully saturated rings. The van der Waals surface area contributed by atoms with Crippen molar-refractivity contribution in [1.29, 1.82) is 0 Å². The Labute approximate surface area is 177 Å². The van der Waals surface area contributed by atoms with Gasteiger partial charge in [-0.3, -0.25) is 4.79 Å². The van der Waals surface area contributed by atoms with Crippen LogP contribution in [0.25, 0.3) is 6.08 Å². The van der Waals surface area contributed by atoms with E-state index in [1.807, 2.05) is 38.1 Å². The zero-order valence-electron chi connectivity index (χ0n) is 16.3. The molecule has 1 aliphatic rings. The van der Waals surface area contributed by atoms with Crippen molar-refractivity contribution in [2.24, 2.45) is 4.99 Å². The van der Waals surface area contributed by atoms with E-state index in [0.29, 0.717) is 28.1 Å². The number of carbonyl (C=O) groups is 2. The summed E-state index contributed by atoms with van der Waals surface area (Å²) in [5.74, 6) is 0.0581. The van der Waals surface area contributed by atoms with E-state index in [0.717, 1.165) is 11.1 Å². The molecule has 0 saturated heterocycles. The van der Waals surface area contributed by atoms with Crippen LogP contribution in [0.15, 0.2) is 51.6 Å². The Kier molecular flexibility index (Phi) is 6.49. The van der Waals surface area contributed by atoms with Crippen LogP contribution < -0.4 is 9.47 Å². The number of halogens is 1. The standard InChI is InChI=1S/C22H20BrNO5/c1-4-19(25)28-20-16(23)10-14(12-18(20)27-5-2)11-17-22(26)29-21(24-17)15-8-6-13(3)7-9-15/h6-12H,4-5H2,1-3H3/b17-11-. The van der Waals surface area contributed by atoms with Crippen LogP contribution in [0.5, 0.6) is 11.5 Å².